The Hall–Kier alpha value is -3.15. The topological polar surface area (TPSA) is 72.6 Å². The Labute approximate surface area is 157 Å². The van der Waals surface area contributed by atoms with Crippen LogP contribution in [0.25, 0.3) is 11.0 Å². The number of pyridine rings is 1. The molecule has 1 aromatic carbocycles. The van der Waals surface area contributed by atoms with Crippen LogP contribution in [0.3, 0.4) is 0 Å². The van der Waals surface area contributed by atoms with Crippen LogP contribution in [0.4, 0.5) is 0 Å². The van der Waals surface area contributed by atoms with Gasteiger partial charge < -0.3 is 14.1 Å². The highest BCUT2D eigenvalue weighted by molar-refractivity contribution is 5.81. The summed E-state index contributed by atoms with van der Waals surface area (Å²) in [5.74, 6) is 0.307. The van der Waals surface area contributed by atoms with Crippen LogP contribution in [0.15, 0.2) is 51.7 Å². The number of aryl methyl sites for hydroxylation is 2. The molecule has 6 heteroatoms. The van der Waals surface area contributed by atoms with Gasteiger partial charge in [0.05, 0.1) is 12.2 Å². The molecule has 0 bridgehead atoms. The number of amides is 1. The van der Waals surface area contributed by atoms with Crippen molar-refractivity contribution in [1.82, 2.24) is 9.88 Å². The van der Waals surface area contributed by atoms with E-state index in [0.29, 0.717) is 17.9 Å². The van der Waals surface area contributed by atoms with Crippen LogP contribution in [-0.4, -0.2) is 28.9 Å². The molecule has 0 spiro atoms. The average molecular weight is 366 g/mol. The standard InChI is InChI=1S/C21H22N2O4/c1-13-9-14(2)22-17(10-13)12-23(4)21(25)15(3)26-18-7-5-16-6-8-20(24)27-19(16)11-18/h5-11,15H,12H2,1-4H3. The van der Waals surface area contributed by atoms with Crippen LogP contribution >= 0.6 is 0 Å². The number of ether oxygens (including phenoxy) is 1. The first-order chi connectivity index (χ1) is 12.8. The number of hydrogen-bond acceptors (Lipinski definition) is 5. The van der Waals surface area contributed by atoms with Gasteiger partial charge in [-0.25, -0.2) is 4.79 Å². The number of likely N-dealkylation sites (N-methyl/N-ethyl adjacent to an activating group) is 1. The van der Waals surface area contributed by atoms with E-state index in [1.807, 2.05) is 26.0 Å². The van der Waals surface area contributed by atoms with Crippen LogP contribution in [0.2, 0.25) is 0 Å². The molecule has 2 heterocycles. The fourth-order valence-corrected chi connectivity index (χ4v) is 3.01. The highest BCUT2D eigenvalue weighted by Gasteiger charge is 2.20. The average Bonchev–Trinajstić information content (AvgIpc) is 2.59. The zero-order valence-corrected chi connectivity index (χ0v) is 15.9. The lowest BCUT2D eigenvalue weighted by Gasteiger charge is -2.22. The van der Waals surface area contributed by atoms with E-state index in [1.54, 1.807) is 43.1 Å². The van der Waals surface area contributed by atoms with Gasteiger partial charge in [-0.05, 0) is 56.7 Å². The summed E-state index contributed by atoms with van der Waals surface area (Å²) >= 11 is 0. The lowest BCUT2D eigenvalue weighted by molar-refractivity contribution is -0.137. The van der Waals surface area contributed by atoms with E-state index >= 15 is 0 Å². The van der Waals surface area contributed by atoms with Crippen molar-refractivity contribution in [2.75, 3.05) is 7.05 Å². The second kappa shape index (κ2) is 7.61. The second-order valence-electron chi connectivity index (χ2n) is 6.69. The number of hydrogen-bond donors (Lipinski definition) is 0. The summed E-state index contributed by atoms with van der Waals surface area (Å²) in [4.78, 5) is 30.1. The highest BCUT2D eigenvalue weighted by atomic mass is 16.5. The molecule has 0 saturated heterocycles. The molecule has 1 unspecified atom stereocenters. The van der Waals surface area contributed by atoms with Gasteiger partial charge in [-0.2, -0.15) is 0 Å². The third-order valence-electron chi connectivity index (χ3n) is 4.18. The van der Waals surface area contributed by atoms with E-state index in [2.05, 4.69) is 4.98 Å². The molecule has 140 valence electrons. The van der Waals surface area contributed by atoms with Crippen LogP contribution in [0.5, 0.6) is 5.75 Å². The van der Waals surface area contributed by atoms with Crippen molar-refractivity contribution in [2.45, 2.75) is 33.4 Å². The van der Waals surface area contributed by atoms with E-state index in [0.717, 1.165) is 22.3 Å². The summed E-state index contributed by atoms with van der Waals surface area (Å²) in [6.07, 6.45) is -0.686. The number of benzene rings is 1. The summed E-state index contributed by atoms with van der Waals surface area (Å²) in [7, 11) is 1.72. The molecule has 0 fully saturated rings. The number of fused-ring (bicyclic) bond motifs is 1. The summed E-state index contributed by atoms with van der Waals surface area (Å²) in [5.41, 5.74) is 2.87. The minimum Gasteiger partial charge on any atom is -0.481 e. The molecule has 27 heavy (non-hydrogen) atoms. The van der Waals surface area contributed by atoms with Crippen molar-refractivity contribution >= 4 is 16.9 Å². The summed E-state index contributed by atoms with van der Waals surface area (Å²) < 4.78 is 10.9. The third-order valence-corrected chi connectivity index (χ3v) is 4.18. The number of carbonyl (C=O) groups excluding carboxylic acids is 1. The minimum absolute atomic E-state index is 0.162. The molecule has 2 aromatic heterocycles. The quantitative estimate of drug-likeness (QED) is 0.648. The Morgan fingerprint density at radius 3 is 2.67 bits per heavy atom. The second-order valence-corrected chi connectivity index (χ2v) is 6.69. The smallest absolute Gasteiger partial charge is 0.336 e. The molecule has 0 aliphatic carbocycles. The molecular formula is C21H22N2O4. The van der Waals surface area contributed by atoms with Gasteiger partial charge in [0.1, 0.15) is 11.3 Å². The first kappa shape index (κ1) is 18.6. The maximum absolute atomic E-state index is 12.6. The molecule has 0 radical (unpaired) electrons. The predicted molar refractivity (Wildman–Crippen MR) is 103 cm³/mol. The number of rotatable bonds is 5. The van der Waals surface area contributed by atoms with Gasteiger partial charge in [0, 0.05) is 30.3 Å². The normalized spacial score (nSPS) is 12.0. The predicted octanol–water partition coefficient (Wildman–Crippen LogP) is 3.23. The molecular weight excluding hydrogens is 344 g/mol. The first-order valence-electron chi connectivity index (χ1n) is 8.71. The molecule has 0 N–H and O–H groups in total. The van der Waals surface area contributed by atoms with E-state index in [4.69, 9.17) is 9.15 Å². The van der Waals surface area contributed by atoms with Gasteiger partial charge in [-0.1, -0.05) is 0 Å². The van der Waals surface area contributed by atoms with Crippen LogP contribution in [0, 0.1) is 13.8 Å². The third kappa shape index (κ3) is 4.53. The van der Waals surface area contributed by atoms with E-state index in [-0.39, 0.29) is 5.91 Å². The number of carbonyl (C=O) groups is 1. The van der Waals surface area contributed by atoms with Gasteiger partial charge in [-0.3, -0.25) is 9.78 Å². The van der Waals surface area contributed by atoms with Crippen LogP contribution in [0.1, 0.15) is 23.9 Å². The maximum Gasteiger partial charge on any atom is 0.336 e. The largest absolute Gasteiger partial charge is 0.481 e. The lowest BCUT2D eigenvalue weighted by atomic mass is 10.2. The van der Waals surface area contributed by atoms with Crippen molar-refractivity contribution in [2.24, 2.45) is 0 Å². The maximum atomic E-state index is 12.6. The van der Waals surface area contributed by atoms with Crippen molar-refractivity contribution in [3.63, 3.8) is 0 Å². The van der Waals surface area contributed by atoms with E-state index in [9.17, 15) is 9.59 Å². The van der Waals surface area contributed by atoms with E-state index < -0.39 is 11.7 Å². The first-order valence-corrected chi connectivity index (χ1v) is 8.71. The Balaban J connectivity index is 1.70. The molecule has 0 saturated carbocycles. The zero-order chi connectivity index (χ0) is 19.6. The molecule has 0 aliphatic rings. The van der Waals surface area contributed by atoms with Crippen LogP contribution in [-0.2, 0) is 11.3 Å². The van der Waals surface area contributed by atoms with E-state index in [1.165, 1.54) is 6.07 Å². The summed E-state index contributed by atoms with van der Waals surface area (Å²) in [6, 6.07) is 12.2. The van der Waals surface area contributed by atoms with Crippen molar-refractivity contribution in [3.05, 3.63) is 69.8 Å². The van der Waals surface area contributed by atoms with Crippen LogP contribution < -0.4 is 10.4 Å². The fraction of sp³-hybridized carbons (Fsp3) is 0.286. The molecule has 3 aromatic rings. The van der Waals surface area contributed by atoms with Gasteiger partial charge in [0.2, 0.25) is 0 Å². The number of nitrogens with zero attached hydrogens (tertiary/aromatic N) is 2. The minimum atomic E-state index is -0.686. The monoisotopic (exact) mass is 366 g/mol. The van der Waals surface area contributed by atoms with Crippen molar-refractivity contribution in [3.8, 4) is 5.75 Å². The summed E-state index contributed by atoms with van der Waals surface area (Å²) in [6.45, 7) is 6.03. The van der Waals surface area contributed by atoms with Crippen molar-refractivity contribution in [1.29, 1.82) is 0 Å². The fourth-order valence-electron chi connectivity index (χ4n) is 3.01. The van der Waals surface area contributed by atoms with Gasteiger partial charge >= 0.3 is 5.63 Å². The SMILES string of the molecule is Cc1cc(C)nc(CN(C)C(=O)C(C)Oc2ccc3ccc(=O)oc3c2)c1. The summed E-state index contributed by atoms with van der Waals surface area (Å²) in [5, 5.41) is 0.791. The Morgan fingerprint density at radius 1 is 1.19 bits per heavy atom. The Kier molecular flexibility index (Phi) is 5.26. The molecule has 3 rings (SSSR count). The Morgan fingerprint density at radius 2 is 1.93 bits per heavy atom. The van der Waals surface area contributed by atoms with Gasteiger partial charge in [0.15, 0.2) is 6.10 Å². The van der Waals surface area contributed by atoms with Crippen molar-refractivity contribution < 1.29 is 13.9 Å². The molecule has 0 aliphatic heterocycles. The molecule has 1 atom stereocenters. The zero-order valence-electron chi connectivity index (χ0n) is 15.9. The number of aromatic nitrogens is 1. The highest BCUT2D eigenvalue weighted by Crippen LogP contribution is 2.21. The van der Waals surface area contributed by atoms with Gasteiger partial charge in [0.25, 0.3) is 5.91 Å². The lowest BCUT2D eigenvalue weighted by Crippen LogP contribution is -2.37. The van der Waals surface area contributed by atoms with Gasteiger partial charge in [-0.15, -0.1) is 0 Å². The Bertz CT molecular complexity index is 1020. The molecule has 6 nitrogen and oxygen atoms in total. The molecule has 1 amide bonds.